The molecule has 0 spiro atoms. The van der Waals surface area contributed by atoms with E-state index in [1.165, 1.54) is 18.5 Å². The van der Waals surface area contributed by atoms with Crippen LogP contribution in [0.25, 0.3) is 0 Å². The summed E-state index contributed by atoms with van der Waals surface area (Å²) in [5, 5.41) is 0. The summed E-state index contributed by atoms with van der Waals surface area (Å²) in [4.78, 5) is 9.43. The van der Waals surface area contributed by atoms with Crippen LogP contribution in [0, 0.1) is 6.92 Å². The van der Waals surface area contributed by atoms with Crippen molar-refractivity contribution in [1.82, 2.24) is 14.8 Å². The van der Waals surface area contributed by atoms with Crippen LogP contribution in [-0.2, 0) is 0 Å². The molecule has 1 aliphatic rings. The molecule has 0 aromatic carbocycles. The van der Waals surface area contributed by atoms with Gasteiger partial charge >= 0.3 is 0 Å². The molecule has 1 fully saturated rings. The standard InChI is InChI=1S/C15H26N4/c1-3-6-18-7-9-19(10-8-18)15(11-16)14-5-4-13(2)17-12-14/h4-5,12,15H,3,6-11,16H2,1-2H3. The zero-order valence-electron chi connectivity index (χ0n) is 12.2. The number of rotatable bonds is 5. The number of nitrogens with two attached hydrogens (primary N) is 1. The molecule has 1 atom stereocenters. The third-order valence-electron chi connectivity index (χ3n) is 3.93. The maximum Gasteiger partial charge on any atom is 0.0486 e. The molecule has 1 saturated heterocycles. The van der Waals surface area contributed by atoms with Gasteiger partial charge in [-0.05, 0) is 31.5 Å². The van der Waals surface area contributed by atoms with Gasteiger partial charge in [-0.2, -0.15) is 0 Å². The quantitative estimate of drug-likeness (QED) is 0.871. The Hall–Kier alpha value is -0.970. The molecule has 2 N–H and O–H groups in total. The minimum atomic E-state index is 0.317. The van der Waals surface area contributed by atoms with Gasteiger partial charge in [-0.15, -0.1) is 0 Å². The van der Waals surface area contributed by atoms with Crippen molar-refractivity contribution in [2.24, 2.45) is 5.73 Å². The number of hydrogen-bond donors (Lipinski definition) is 1. The highest BCUT2D eigenvalue weighted by Crippen LogP contribution is 2.20. The number of hydrogen-bond acceptors (Lipinski definition) is 4. The molecule has 2 heterocycles. The summed E-state index contributed by atoms with van der Waals surface area (Å²) in [6, 6.07) is 4.56. The van der Waals surface area contributed by atoms with Crippen molar-refractivity contribution in [1.29, 1.82) is 0 Å². The lowest BCUT2D eigenvalue weighted by atomic mass is 10.1. The summed E-state index contributed by atoms with van der Waals surface area (Å²) >= 11 is 0. The molecule has 0 radical (unpaired) electrons. The predicted molar refractivity (Wildman–Crippen MR) is 79.1 cm³/mol. The fourth-order valence-electron chi connectivity index (χ4n) is 2.79. The first-order valence-corrected chi connectivity index (χ1v) is 7.33. The number of pyridine rings is 1. The molecule has 19 heavy (non-hydrogen) atoms. The minimum Gasteiger partial charge on any atom is -0.329 e. The molecular weight excluding hydrogens is 236 g/mol. The smallest absolute Gasteiger partial charge is 0.0486 e. The van der Waals surface area contributed by atoms with E-state index in [9.17, 15) is 0 Å². The Morgan fingerprint density at radius 1 is 1.26 bits per heavy atom. The molecule has 0 saturated carbocycles. The lowest BCUT2D eigenvalue weighted by Crippen LogP contribution is -2.49. The van der Waals surface area contributed by atoms with Crippen LogP contribution in [0.3, 0.4) is 0 Å². The minimum absolute atomic E-state index is 0.317. The van der Waals surface area contributed by atoms with E-state index in [1.807, 2.05) is 13.1 Å². The van der Waals surface area contributed by atoms with Crippen LogP contribution >= 0.6 is 0 Å². The van der Waals surface area contributed by atoms with E-state index in [1.54, 1.807) is 0 Å². The second kappa shape index (κ2) is 6.98. The van der Waals surface area contributed by atoms with Crippen molar-refractivity contribution in [3.63, 3.8) is 0 Å². The zero-order valence-corrected chi connectivity index (χ0v) is 12.2. The van der Waals surface area contributed by atoms with Gasteiger partial charge in [0.25, 0.3) is 0 Å². The molecular formula is C15H26N4. The monoisotopic (exact) mass is 262 g/mol. The molecule has 4 heteroatoms. The Morgan fingerprint density at radius 2 is 2.00 bits per heavy atom. The van der Waals surface area contributed by atoms with Gasteiger partial charge in [0.2, 0.25) is 0 Å². The summed E-state index contributed by atoms with van der Waals surface area (Å²) in [6.45, 7) is 10.7. The summed E-state index contributed by atoms with van der Waals surface area (Å²) in [5.41, 5.74) is 8.29. The lowest BCUT2D eigenvalue weighted by molar-refractivity contribution is 0.0984. The van der Waals surface area contributed by atoms with Gasteiger partial charge in [0, 0.05) is 50.7 Å². The SMILES string of the molecule is CCCN1CCN(C(CN)c2ccc(C)nc2)CC1. The highest BCUT2D eigenvalue weighted by Gasteiger charge is 2.23. The van der Waals surface area contributed by atoms with Gasteiger partial charge < -0.3 is 10.6 Å². The van der Waals surface area contributed by atoms with Gasteiger partial charge in [0.05, 0.1) is 0 Å². The van der Waals surface area contributed by atoms with Gasteiger partial charge in [-0.1, -0.05) is 13.0 Å². The number of piperazine rings is 1. The van der Waals surface area contributed by atoms with Crippen molar-refractivity contribution in [3.8, 4) is 0 Å². The lowest BCUT2D eigenvalue weighted by Gasteiger charge is -2.39. The Labute approximate surface area is 116 Å². The van der Waals surface area contributed by atoms with E-state index in [0.29, 0.717) is 12.6 Å². The molecule has 0 amide bonds. The molecule has 1 aromatic heterocycles. The predicted octanol–water partition coefficient (Wildman–Crippen LogP) is 1.42. The molecule has 106 valence electrons. The van der Waals surface area contributed by atoms with E-state index in [4.69, 9.17) is 5.73 Å². The van der Waals surface area contributed by atoms with Gasteiger partial charge in [-0.3, -0.25) is 9.88 Å². The van der Waals surface area contributed by atoms with Crippen LogP contribution in [0.15, 0.2) is 18.3 Å². The summed E-state index contributed by atoms with van der Waals surface area (Å²) in [7, 11) is 0. The van der Waals surface area contributed by atoms with Gasteiger partial charge in [0.1, 0.15) is 0 Å². The largest absolute Gasteiger partial charge is 0.329 e. The van der Waals surface area contributed by atoms with Crippen LogP contribution in [0.4, 0.5) is 0 Å². The molecule has 1 aromatic rings. The van der Waals surface area contributed by atoms with Crippen molar-refractivity contribution in [3.05, 3.63) is 29.6 Å². The van der Waals surface area contributed by atoms with E-state index in [0.717, 1.165) is 31.9 Å². The maximum absolute atomic E-state index is 5.98. The topological polar surface area (TPSA) is 45.4 Å². The van der Waals surface area contributed by atoms with E-state index in [2.05, 4.69) is 33.8 Å². The van der Waals surface area contributed by atoms with E-state index >= 15 is 0 Å². The molecule has 1 aliphatic heterocycles. The first-order valence-electron chi connectivity index (χ1n) is 7.33. The van der Waals surface area contributed by atoms with Crippen LogP contribution in [0.1, 0.15) is 30.6 Å². The molecule has 4 nitrogen and oxygen atoms in total. The summed E-state index contributed by atoms with van der Waals surface area (Å²) in [5.74, 6) is 0. The van der Waals surface area contributed by atoms with Crippen LogP contribution < -0.4 is 5.73 Å². The van der Waals surface area contributed by atoms with E-state index in [-0.39, 0.29) is 0 Å². The average Bonchev–Trinajstić information content (AvgIpc) is 2.44. The molecule has 1 unspecified atom stereocenters. The van der Waals surface area contributed by atoms with Crippen molar-refractivity contribution >= 4 is 0 Å². The number of aryl methyl sites for hydroxylation is 1. The second-order valence-corrected chi connectivity index (χ2v) is 5.36. The molecule has 0 bridgehead atoms. The zero-order chi connectivity index (χ0) is 13.7. The van der Waals surface area contributed by atoms with Crippen LogP contribution in [0.5, 0.6) is 0 Å². The van der Waals surface area contributed by atoms with E-state index < -0.39 is 0 Å². The van der Waals surface area contributed by atoms with Gasteiger partial charge in [0.15, 0.2) is 0 Å². The van der Waals surface area contributed by atoms with Crippen molar-refractivity contribution in [2.45, 2.75) is 26.3 Å². The number of nitrogens with zero attached hydrogens (tertiary/aromatic N) is 3. The highest BCUT2D eigenvalue weighted by atomic mass is 15.3. The molecule has 0 aliphatic carbocycles. The van der Waals surface area contributed by atoms with Crippen LogP contribution in [0.2, 0.25) is 0 Å². The fraction of sp³-hybridized carbons (Fsp3) is 0.667. The molecule has 2 rings (SSSR count). The summed E-state index contributed by atoms with van der Waals surface area (Å²) in [6.07, 6.45) is 3.22. The Balaban J connectivity index is 1.97. The third kappa shape index (κ3) is 3.75. The number of aromatic nitrogens is 1. The second-order valence-electron chi connectivity index (χ2n) is 5.36. The normalized spacial score (nSPS) is 19.5. The summed E-state index contributed by atoms with van der Waals surface area (Å²) < 4.78 is 0. The van der Waals surface area contributed by atoms with Gasteiger partial charge in [-0.25, -0.2) is 0 Å². The Morgan fingerprint density at radius 3 is 2.53 bits per heavy atom. The highest BCUT2D eigenvalue weighted by molar-refractivity contribution is 5.18. The fourth-order valence-corrected chi connectivity index (χ4v) is 2.79. The Kier molecular flexibility index (Phi) is 5.31. The first kappa shape index (κ1) is 14.4. The first-order chi connectivity index (χ1) is 9.24. The van der Waals surface area contributed by atoms with Crippen molar-refractivity contribution < 1.29 is 0 Å². The van der Waals surface area contributed by atoms with Crippen molar-refractivity contribution in [2.75, 3.05) is 39.3 Å². The Bertz CT molecular complexity index is 368. The maximum atomic E-state index is 5.98. The van der Waals surface area contributed by atoms with Crippen LogP contribution in [-0.4, -0.2) is 54.1 Å². The average molecular weight is 262 g/mol. The third-order valence-corrected chi connectivity index (χ3v) is 3.93.